The van der Waals surface area contributed by atoms with Gasteiger partial charge in [-0.05, 0) is 32.9 Å². The highest BCUT2D eigenvalue weighted by Crippen LogP contribution is 2.19. The fourth-order valence-electron chi connectivity index (χ4n) is 1.84. The van der Waals surface area contributed by atoms with E-state index in [0.29, 0.717) is 11.4 Å². The van der Waals surface area contributed by atoms with Gasteiger partial charge in [-0.25, -0.2) is 9.97 Å². The Kier molecular flexibility index (Phi) is 4.34. The van der Waals surface area contributed by atoms with Crippen molar-refractivity contribution in [3.63, 3.8) is 0 Å². The van der Waals surface area contributed by atoms with E-state index in [1.54, 1.807) is 30.5 Å². The van der Waals surface area contributed by atoms with Crippen LogP contribution in [0.2, 0.25) is 0 Å². The van der Waals surface area contributed by atoms with Crippen molar-refractivity contribution < 1.29 is 4.79 Å². The molecule has 0 saturated heterocycles. The molecule has 0 aromatic carbocycles. The number of aryl methyl sites for hydroxylation is 2. The van der Waals surface area contributed by atoms with E-state index in [4.69, 9.17) is 0 Å². The number of carbonyl (C=O) groups excluding carboxylic acids is 1. The number of nitrogens with zero attached hydrogens (tertiary/aromatic N) is 2. The highest BCUT2D eigenvalue weighted by molar-refractivity contribution is 7.11. The molecule has 106 valence electrons. The Bertz CT molecular complexity index is 623. The monoisotopic (exact) mass is 290 g/mol. The molecule has 0 spiro atoms. The average molecular weight is 290 g/mol. The summed E-state index contributed by atoms with van der Waals surface area (Å²) in [6.07, 6.45) is 1.82. The first-order valence-corrected chi connectivity index (χ1v) is 7.21. The van der Waals surface area contributed by atoms with Gasteiger partial charge in [0.2, 0.25) is 0 Å². The van der Waals surface area contributed by atoms with E-state index < -0.39 is 0 Å². The zero-order valence-corrected chi connectivity index (χ0v) is 12.8. The van der Waals surface area contributed by atoms with E-state index in [1.165, 1.54) is 0 Å². The Labute approximate surface area is 122 Å². The maximum Gasteiger partial charge on any atom is 0.252 e. The number of aromatic nitrogens is 2. The van der Waals surface area contributed by atoms with Crippen molar-refractivity contribution in [2.75, 3.05) is 12.4 Å². The molecule has 2 rings (SSSR count). The second kappa shape index (κ2) is 6.00. The van der Waals surface area contributed by atoms with E-state index in [9.17, 15) is 4.79 Å². The highest BCUT2D eigenvalue weighted by Gasteiger charge is 2.15. The summed E-state index contributed by atoms with van der Waals surface area (Å²) < 4.78 is 0. The molecule has 0 saturated carbocycles. The van der Waals surface area contributed by atoms with Gasteiger partial charge in [-0.3, -0.25) is 4.79 Å². The number of rotatable bonds is 4. The zero-order chi connectivity index (χ0) is 14.7. The van der Waals surface area contributed by atoms with Crippen molar-refractivity contribution in [2.45, 2.75) is 26.8 Å². The van der Waals surface area contributed by atoms with Gasteiger partial charge in [-0.15, -0.1) is 11.3 Å². The molecule has 0 aliphatic carbocycles. The van der Waals surface area contributed by atoms with Gasteiger partial charge in [0.25, 0.3) is 5.91 Å². The highest BCUT2D eigenvalue weighted by atomic mass is 32.1. The van der Waals surface area contributed by atoms with Gasteiger partial charge in [-0.2, -0.15) is 0 Å². The van der Waals surface area contributed by atoms with Crippen LogP contribution in [0.25, 0.3) is 0 Å². The molecule has 0 aliphatic rings. The second-order valence-corrected chi connectivity index (χ2v) is 5.90. The number of amides is 1. The molecule has 2 aromatic heterocycles. The lowest BCUT2D eigenvalue weighted by molar-refractivity contribution is 0.0939. The molecule has 0 radical (unpaired) electrons. The Hall–Kier alpha value is -1.95. The first-order valence-electron chi connectivity index (χ1n) is 6.39. The number of thiazole rings is 1. The summed E-state index contributed by atoms with van der Waals surface area (Å²) in [5.74, 6) is 0.570. The quantitative estimate of drug-likeness (QED) is 0.908. The molecule has 1 atom stereocenters. The Balaban J connectivity index is 2.13. The molecule has 0 aliphatic heterocycles. The SMILES string of the molecule is CNc1cc(C(=O)NC(C)c2ncc(C)s2)cc(C)n1. The van der Waals surface area contributed by atoms with Crippen molar-refractivity contribution in [3.05, 3.63) is 39.5 Å². The van der Waals surface area contributed by atoms with E-state index in [1.807, 2.05) is 27.0 Å². The maximum atomic E-state index is 12.3. The van der Waals surface area contributed by atoms with Gasteiger partial charge in [-0.1, -0.05) is 0 Å². The summed E-state index contributed by atoms with van der Waals surface area (Å²) in [6, 6.07) is 3.41. The summed E-state index contributed by atoms with van der Waals surface area (Å²) >= 11 is 1.59. The molecule has 6 heteroatoms. The Morgan fingerprint density at radius 3 is 2.70 bits per heavy atom. The molecule has 2 N–H and O–H groups in total. The standard InChI is InChI=1S/C14H18N4OS/c1-8-5-11(6-12(15-4)17-8)13(19)18-10(3)14-16-7-9(2)20-14/h5-7,10H,1-4H3,(H,15,17)(H,18,19). The molecule has 0 fully saturated rings. The smallest absolute Gasteiger partial charge is 0.252 e. The van der Waals surface area contributed by atoms with Crippen molar-refractivity contribution >= 4 is 23.1 Å². The van der Waals surface area contributed by atoms with Gasteiger partial charge in [0.15, 0.2) is 0 Å². The second-order valence-electron chi connectivity index (χ2n) is 4.64. The average Bonchev–Trinajstić information content (AvgIpc) is 2.84. The molecule has 1 amide bonds. The predicted molar refractivity (Wildman–Crippen MR) is 81.3 cm³/mol. The van der Waals surface area contributed by atoms with Crippen LogP contribution in [-0.2, 0) is 0 Å². The number of hydrogen-bond donors (Lipinski definition) is 2. The van der Waals surface area contributed by atoms with Crippen LogP contribution in [0.3, 0.4) is 0 Å². The minimum atomic E-state index is -0.118. The lowest BCUT2D eigenvalue weighted by Gasteiger charge is -2.12. The number of carbonyl (C=O) groups is 1. The number of pyridine rings is 1. The third-order valence-electron chi connectivity index (χ3n) is 2.83. The van der Waals surface area contributed by atoms with Gasteiger partial charge in [0.05, 0.1) is 6.04 Å². The zero-order valence-electron chi connectivity index (χ0n) is 12.0. The lowest BCUT2D eigenvalue weighted by atomic mass is 10.2. The Morgan fingerprint density at radius 2 is 2.10 bits per heavy atom. The van der Waals surface area contributed by atoms with Gasteiger partial charge < -0.3 is 10.6 Å². The van der Waals surface area contributed by atoms with E-state index >= 15 is 0 Å². The van der Waals surface area contributed by atoms with E-state index in [-0.39, 0.29) is 11.9 Å². The molecule has 2 aromatic rings. The third kappa shape index (κ3) is 3.33. The van der Waals surface area contributed by atoms with Crippen molar-refractivity contribution in [1.29, 1.82) is 0 Å². The van der Waals surface area contributed by atoms with Crippen LogP contribution in [0.4, 0.5) is 5.82 Å². The summed E-state index contributed by atoms with van der Waals surface area (Å²) in [6.45, 7) is 5.80. The van der Waals surface area contributed by atoms with Gasteiger partial charge >= 0.3 is 0 Å². The summed E-state index contributed by atoms with van der Waals surface area (Å²) in [5, 5.41) is 6.82. The Morgan fingerprint density at radius 1 is 1.35 bits per heavy atom. The van der Waals surface area contributed by atoms with Crippen LogP contribution in [0, 0.1) is 13.8 Å². The third-order valence-corrected chi connectivity index (χ3v) is 3.92. The number of nitrogens with one attached hydrogen (secondary N) is 2. The first kappa shape index (κ1) is 14.5. The summed E-state index contributed by atoms with van der Waals surface area (Å²) in [5.41, 5.74) is 1.40. The van der Waals surface area contributed by atoms with Crippen LogP contribution >= 0.6 is 11.3 Å². The van der Waals surface area contributed by atoms with Crippen LogP contribution in [0.15, 0.2) is 18.3 Å². The normalized spacial score (nSPS) is 12.0. The lowest BCUT2D eigenvalue weighted by Crippen LogP contribution is -2.26. The van der Waals surface area contributed by atoms with Crippen molar-refractivity contribution in [3.8, 4) is 0 Å². The van der Waals surface area contributed by atoms with Crippen LogP contribution in [-0.4, -0.2) is 22.9 Å². The van der Waals surface area contributed by atoms with Crippen molar-refractivity contribution in [1.82, 2.24) is 15.3 Å². The molecule has 0 bridgehead atoms. The minimum absolute atomic E-state index is 0.104. The topological polar surface area (TPSA) is 66.9 Å². The van der Waals surface area contributed by atoms with Gasteiger partial charge in [0.1, 0.15) is 10.8 Å². The van der Waals surface area contributed by atoms with E-state index in [0.717, 1.165) is 15.6 Å². The molecular weight excluding hydrogens is 272 g/mol. The molecular formula is C14H18N4OS. The number of hydrogen-bond acceptors (Lipinski definition) is 5. The molecule has 2 heterocycles. The van der Waals surface area contributed by atoms with Crippen LogP contribution < -0.4 is 10.6 Å². The molecule has 20 heavy (non-hydrogen) atoms. The number of anilines is 1. The summed E-state index contributed by atoms with van der Waals surface area (Å²) in [4.78, 5) is 22.0. The van der Waals surface area contributed by atoms with Gasteiger partial charge in [0, 0.05) is 29.4 Å². The molecule has 5 nitrogen and oxygen atoms in total. The minimum Gasteiger partial charge on any atom is -0.373 e. The maximum absolute atomic E-state index is 12.3. The largest absolute Gasteiger partial charge is 0.373 e. The summed E-state index contributed by atoms with van der Waals surface area (Å²) in [7, 11) is 1.78. The van der Waals surface area contributed by atoms with E-state index in [2.05, 4.69) is 20.6 Å². The van der Waals surface area contributed by atoms with Crippen LogP contribution in [0.1, 0.15) is 38.9 Å². The fourth-order valence-corrected chi connectivity index (χ4v) is 2.62. The fraction of sp³-hybridized carbons (Fsp3) is 0.357. The van der Waals surface area contributed by atoms with Crippen LogP contribution in [0.5, 0.6) is 0 Å². The first-order chi connectivity index (χ1) is 9.49. The predicted octanol–water partition coefficient (Wildman–Crippen LogP) is 2.69. The van der Waals surface area contributed by atoms with Crippen molar-refractivity contribution in [2.24, 2.45) is 0 Å². The molecule has 1 unspecified atom stereocenters.